The van der Waals surface area contributed by atoms with E-state index in [2.05, 4.69) is 5.10 Å². The number of hydrogen-bond donors (Lipinski definition) is 2. The topological polar surface area (TPSA) is 73.1 Å². The van der Waals surface area contributed by atoms with Crippen LogP contribution in [0.1, 0.15) is 44.3 Å². The Labute approximate surface area is 137 Å². The predicted octanol–water partition coefficient (Wildman–Crippen LogP) is 2.75. The second kappa shape index (κ2) is 6.90. The first-order valence-corrected chi connectivity index (χ1v) is 7.63. The molecule has 0 unspecified atom stereocenters. The van der Waals surface area contributed by atoms with E-state index in [0.29, 0.717) is 6.42 Å². The summed E-state index contributed by atoms with van der Waals surface area (Å²) in [4.78, 5) is 12.3. The van der Waals surface area contributed by atoms with Gasteiger partial charge in [-0.25, -0.2) is 0 Å². The quantitative estimate of drug-likeness (QED) is 0.863. The number of halogens is 3. The Kier molecular flexibility index (Phi) is 5.29. The SMILES string of the molecule is CCCCC1=NN(C(=O)[C@@H](O)c2ccccc2)[C@](O)(C(F)(F)F)C1. The Morgan fingerprint density at radius 1 is 1.38 bits per heavy atom. The van der Waals surface area contributed by atoms with E-state index in [4.69, 9.17) is 0 Å². The normalized spacial score (nSPS) is 22.4. The summed E-state index contributed by atoms with van der Waals surface area (Å²) in [5.74, 6) is -1.31. The van der Waals surface area contributed by atoms with Crippen LogP contribution in [0.3, 0.4) is 0 Å². The van der Waals surface area contributed by atoms with Crippen molar-refractivity contribution < 1.29 is 28.2 Å². The van der Waals surface area contributed by atoms with Crippen molar-refractivity contribution >= 4 is 11.6 Å². The first-order valence-electron chi connectivity index (χ1n) is 7.63. The minimum atomic E-state index is -5.09. The van der Waals surface area contributed by atoms with Gasteiger partial charge < -0.3 is 10.2 Å². The third kappa shape index (κ3) is 3.44. The molecule has 24 heavy (non-hydrogen) atoms. The molecule has 0 radical (unpaired) electrons. The van der Waals surface area contributed by atoms with Gasteiger partial charge in [0, 0.05) is 12.1 Å². The van der Waals surface area contributed by atoms with Gasteiger partial charge in [-0.3, -0.25) is 4.79 Å². The number of aliphatic hydroxyl groups excluding tert-OH is 1. The first kappa shape index (κ1) is 18.4. The van der Waals surface area contributed by atoms with Crippen molar-refractivity contribution in [1.29, 1.82) is 0 Å². The first-order chi connectivity index (χ1) is 11.2. The summed E-state index contributed by atoms with van der Waals surface area (Å²) >= 11 is 0. The lowest BCUT2D eigenvalue weighted by Gasteiger charge is -2.33. The Morgan fingerprint density at radius 3 is 2.54 bits per heavy atom. The van der Waals surface area contributed by atoms with Gasteiger partial charge in [0.25, 0.3) is 11.6 Å². The number of benzene rings is 1. The molecule has 2 atom stereocenters. The van der Waals surface area contributed by atoms with Gasteiger partial charge in [-0.05, 0) is 18.4 Å². The van der Waals surface area contributed by atoms with Crippen LogP contribution < -0.4 is 0 Å². The van der Waals surface area contributed by atoms with Crippen LogP contribution in [0, 0.1) is 0 Å². The standard InChI is InChI=1S/C16H19F3N2O3/c1-2-3-9-12-10-15(24,16(17,18)19)21(20-12)14(23)13(22)11-7-5-4-6-8-11/h4-8,13,22,24H,2-3,9-10H2,1H3/t13-,15+/m0/s1. The third-order valence-electron chi connectivity index (χ3n) is 3.87. The molecule has 0 spiro atoms. The van der Waals surface area contributed by atoms with E-state index in [-0.39, 0.29) is 22.7 Å². The number of alkyl halides is 3. The van der Waals surface area contributed by atoms with Crippen LogP contribution in [0.5, 0.6) is 0 Å². The molecule has 1 aromatic rings. The minimum Gasteiger partial charge on any atom is -0.378 e. The van der Waals surface area contributed by atoms with Gasteiger partial charge in [-0.1, -0.05) is 43.7 Å². The monoisotopic (exact) mass is 344 g/mol. The third-order valence-corrected chi connectivity index (χ3v) is 3.87. The van der Waals surface area contributed by atoms with Gasteiger partial charge in [0.2, 0.25) is 0 Å². The molecule has 1 aliphatic heterocycles. The minimum absolute atomic E-state index is 0.0182. The van der Waals surface area contributed by atoms with E-state index in [1.54, 1.807) is 18.2 Å². The van der Waals surface area contributed by atoms with Gasteiger partial charge in [-0.2, -0.15) is 23.3 Å². The molecular formula is C16H19F3N2O3. The number of carbonyl (C=O) groups excluding carboxylic acids is 1. The van der Waals surface area contributed by atoms with Crippen molar-refractivity contribution in [2.24, 2.45) is 5.10 Å². The molecule has 132 valence electrons. The Hall–Kier alpha value is -1.93. The van der Waals surface area contributed by atoms with Crippen LogP contribution in [-0.4, -0.2) is 38.7 Å². The van der Waals surface area contributed by atoms with Gasteiger partial charge in [-0.15, -0.1) is 0 Å². The highest BCUT2D eigenvalue weighted by atomic mass is 19.4. The van der Waals surface area contributed by atoms with Crippen LogP contribution in [0.25, 0.3) is 0 Å². The number of hydrogen-bond acceptors (Lipinski definition) is 4. The number of nitrogens with zero attached hydrogens (tertiary/aromatic N) is 2. The second-order valence-corrected chi connectivity index (χ2v) is 5.72. The molecule has 1 amide bonds. The molecule has 1 heterocycles. The highest BCUT2D eigenvalue weighted by Gasteiger charge is 2.63. The van der Waals surface area contributed by atoms with Gasteiger partial charge >= 0.3 is 6.18 Å². The van der Waals surface area contributed by atoms with Crippen molar-refractivity contribution in [3.63, 3.8) is 0 Å². The maximum Gasteiger partial charge on any atom is 0.438 e. The fourth-order valence-electron chi connectivity index (χ4n) is 2.48. The number of hydrazone groups is 1. The van der Waals surface area contributed by atoms with E-state index in [0.717, 1.165) is 6.42 Å². The molecule has 8 heteroatoms. The predicted molar refractivity (Wildman–Crippen MR) is 80.8 cm³/mol. The van der Waals surface area contributed by atoms with E-state index in [1.165, 1.54) is 12.1 Å². The largest absolute Gasteiger partial charge is 0.438 e. The van der Waals surface area contributed by atoms with Crippen molar-refractivity contribution in [3.05, 3.63) is 35.9 Å². The molecule has 2 rings (SSSR count). The Bertz CT molecular complexity index is 619. The summed E-state index contributed by atoms with van der Waals surface area (Å²) < 4.78 is 40.0. The smallest absolute Gasteiger partial charge is 0.378 e. The summed E-state index contributed by atoms with van der Waals surface area (Å²) in [5, 5.41) is 23.8. The van der Waals surface area contributed by atoms with E-state index in [9.17, 15) is 28.2 Å². The molecule has 0 bridgehead atoms. The summed E-state index contributed by atoms with van der Waals surface area (Å²) in [7, 11) is 0. The molecule has 0 saturated heterocycles. The number of amides is 1. The summed E-state index contributed by atoms with van der Waals surface area (Å²) in [5.41, 5.74) is -3.21. The average Bonchev–Trinajstić information content (AvgIpc) is 2.90. The molecule has 0 aliphatic carbocycles. The zero-order valence-electron chi connectivity index (χ0n) is 13.1. The van der Waals surface area contributed by atoms with Crippen molar-refractivity contribution in [2.75, 3.05) is 0 Å². The average molecular weight is 344 g/mol. The number of carbonyl (C=O) groups is 1. The van der Waals surface area contributed by atoms with Gasteiger partial charge in [0.1, 0.15) is 0 Å². The van der Waals surface area contributed by atoms with Crippen LogP contribution in [-0.2, 0) is 4.79 Å². The lowest BCUT2D eigenvalue weighted by atomic mass is 10.0. The van der Waals surface area contributed by atoms with Crippen LogP contribution in [0.2, 0.25) is 0 Å². The van der Waals surface area contributed by atoms with Crippen molar-refractivity contribution in [2.45, 2.75) is 50.6 Å². The van der Waals surface area contributed by atoms with Crippen molar-refractivity contribution in [1.82, 2.24) is 5.01 Å². The molecule has 0 fully saturated rings. The number of aliphatic hydroxyl groups is 2. The molecule has 0 saturated carbocycles. The van der Waals surface area contributed by atoms with E-state index >= 15 is 0 Å². The maximum absolute atomic E-state index is 13.3. The molecular weight excluding hydrogens is 325 g/mol. The second-order valence-electron chi connectivity index (χ2n) is 5.72. The van der Waals surface area contributed by atoms with Crippen molar-refractivity contribution in [3.8, 4) is 0 Å². The summed E-state index contributed by atoms with van der Waals surface area (Å²) in [6, 6.07) is 7.55. The van der Waals surface area contributed by atoms with Crippen LogP contribution in [0.15, 0.2) is 35.4 Å². The highest BCUT2D eigenvalue weighted by Crippen LogP contribution is 2.42. The summed E-state index contributed by atoms with van der Waals surface area (Å²) in [6.45, 7) is 1.87. The van der Waals surface area contributed by atoms with Crippen LogP contribution in [0.4, 0.5) is 13.2 Å². The van der Waals surface area contributed by atoms with Gasteiger partial charge in [0.05, 0.1) is 0 Å². The maximum atomic E-state index is 13.3. The lowest BCUT2D eigenvalue weighted by Crippen LogP contribution is -2.57. The zero-order valence-corrected chi connectivity index (χ0v) is 13.1. The molecule has 0 aromatic heterocycles. The fraction of sp³-hybridized carbons (Fsp3) is 0.500. The molecule has 5 nitrogen and oxygen atoms in total. The van der Waals surface area contributed by atoms with E-state index in [1.807, 2.05) is 6.92 Å². The highest BCUT2D eigenvalue weighted by molar-refractivity contribution is 5.92. The Morgan fingerprint density at radius 2 is 2.00 bits per heavy atom. The number of unbranched alkanes of at least 4 members (excludes halogenated alkanes) is 1. The lowest BCUT2D eigenvalue weighted by molar-refractivity contribution is -0.303. The zero-order chi connectivity index (χ0) is 18.0. The number of rotatable bonds is 5. The molecule has 2 N–H and O–H groups in total. The van der Waals surface area contributed by atoms with E-state index < -0.39 is 30.3 Å². The van der Waals surface area contributed by atoms with Gasteiger partial charge in [0.15, 0.2) is 6.10 Å². The molecule has 1 aromatic carbocycles. The van der Waals surface area contributed by atoms with Crippen LogP contribution >= 0.6 is 0 Å². The Balaban J connectivity index is 2.31. The summed E-state index contributed by atoms with van der Waals surface area (Å²) in [6.07, 6.45) is -6.14. The fourth-order valence-corrected chi connectivity index (χ4v) is 2.48. The molecule has 1 aliphatic rings.